The summed E-state index contributed by atoms with van der Waals surface area (Å²) >= 11 is 0. The summed E-state index contributed by atoms with van der Waals surface area (Å²) in [4.78, 5) is 30.0. The number of hydrogen-bond donors (Lipinski definition) is 0. The van der Waals surface area contributed by atoms with Crippen molar-refractivity contribution in [3.05, 3.63) is 77.8 Å². The highest BCUT2D eigenvalue weighted by molar-refractivity contribution is 6.08. The fourth-order valence-corrected chi connectivity index (χ4v) is 4.56. The number of hydrogen-bond acceptors (Lipinski definition) is 8. The molecule has 180 valence electrons. The molecule has 0 aromatic carbocycles. The van der Waals surface area contributed by atoms with Crippen LogP contribution in [0.4, 0.5) is 0 Å². The van der Waals surface area contributed by atoms with Crippen molar-refractivity contribution in [2.75, 3.05) is 13.2 Å². The summed E-state index contributed by atoms with van der Waals surface area (Å²) in [5.74, 6) is 0.379. The lowest BCUT2D eigenvalue weighted by Crippen LogP contribution is -2.34. The molecule has 1 amide bonds. The number of furan rings is 2. The zero-order valence-corrected chi connectivity index (χ0v) is 19.3. The predicted octanol–water partition coefficient (Wildman–Crippen LogP) is 4.65. The number of ether oxygens (including phenoxy) is 2. The lowest BCUT2D eigenvalue weighted by atomic mass is 9.79. The molecule has 3 aromatic heterocycles. The number of esters is 1. The van der Waals surface area contributed by atoms with Crippen LogP contribution >= 0.6 is 0 Å². The van der Waals surface area contributed by atoms with Crippen LogP contribution in [0.5, 0.6) is 5.88 Å². The average Bonchev–Trinajstić information content (AvgIpc) is 3.64. The Morgan fingerprint density at radius 2 is 2.03 bits per heavy atom. The average molecular weight is 476 g/mol. The fraction of sp³-hybridized carbons (Fsp3) is 0.308. The highest BCUT2D eigenvalue weighted by Crippen LogP contribution is 2.44. The van der Waals surface area contributed by atoms with Crippen molar-refractivity contribution in [3.8, 4) is 5.88 Å². The van der Waals surface area contributed by atoms with Crippen molar-refractivity contribution in [3.63, 3.8) is 0 Å². The van der Waals surface area contributed by atoms with E-state index < -0.39 is 24.5 Å². The van der Waals surface area contributed by atoms with E-state index in [1.54, 1.807) is 37.6 Å². The second kappa shape index (κ2) is 10.0. The van der Waals surface area contributed by atoms with Gasteiger partial charge in [-0.25, -0.2) is 14.8 Å². The number of amides is 1. The number of pyridine rings is 1. The van der Waals surface area contributed by atoms with Gasteiger partial charge in [-0.2, -0.15) is 5.10 Å². The van der Waals surface area contributed by atoms with Crippen molar-refractivity contribution < 1.29 is 27.9 Å². The first-order valence-electron chi connectivity index (χ1n) is 11.6. The molecule has 2 aliphatic rings. The molecule has 1 aliphatic carbocycles. The van der Waals surface area contributed by atoms with Crippen molar-refractivity contribution in [1.29, 1.82) is 0 Å². The van der Waals surface area contributed by atoms with Crippen LogP contribution in [0.25, 0.3) is 6.08 Å². The van der Waals surface area contributed by atoms with Gasteiger partial charge in [0.2, 0.25) is 5.88 Å². The highest BCUT2D eigenvalue weighted by Gasteiger charge is 2.45. The van der Waals surface area contributed by atoms with Crippen LogP contribution in [0.15, 0.2) is 74.6 Å². The van der Waals surface area contributed by atoms with E-state index in [1.807, 2.05) is 24.3 Å². The summed E-state index contributed by atoms with van der Waals surface area (Å²) in [6, 6.07) is 10.1. The first kappa shape index (κ1) is 22.6. The van der Waals surface area contributed by atoms with Gasteiger partial charge in [0.15, 0.2) is 6.61 Å². The number of carbonyl (C=O) groups is 2. The molecule has 3 aromatic rings. The summed E-state index contributed by atoms with van der Waals surface area (Å²) in [7, 11) is 0. The number of fused-ring (bicyclic) bond motifs is 1. The Morgan fingerprint density at radius 3 is 2.80 bits per heavy atom. The molecule has 0 N–H and O–H groups in total. The van der Waals surface area contributed by atoms with E-state index in [1.165, 1.54) is 11.2 Å². The molecule has 0 radical (unpaired) electrons. The van der Waals surface area contributed by atoms with E-state index >= 15 is 0 Å². The van der Waals surface area contributed by atoms with Crippen LogP contribution < -0.4 is 4.74 Å². The van der Waals surface area contributed by atoms with Gasteiger partial charge in [-0.3, -0.25) is 4.79 Å². The van der Waals surface area contributed by atoms with Crippen LogP contribution in [0.1, 0.15) is 54.1 Å². The van der Waals surface area contributed by atoms with Crippen molar-refractivity contribution >= 4 is 23.7 Å². The largest absolute Gasteiger partial charge is 0.477 e. The van der Waals surface area contributed by atoms with Gasteiger partial charge in [0, 0.05) is 12.1 Å². The SMILES string of the molecule is CCOc1ncccc1C(=O)OCC(=O)N1N=C2C(=Cc3ccco3)CCCC2C1c1ccco1. The van der Waals surface area contributed by atoms with Crippen LogP contribution in [-0.2, 0) is 9.53 Å². The van der Waals surface area contributed by atoms with Gasteiger partial charge >= 0.3 is 5.97 Å². The lowest BCUT2D eigenvalue weighted by Gasteiger charge is -2.27. The molecule has 0 spiro atoms. The van der Waals surface area contributed by atoms with Gasteiger partial charge in [-0.15, -0.1) is 0 Å². The quantitative estimate of drug-likeness (QED) is 0.458. The molecule has 35 heavy (non-hydrogen) atoms. The molecular formula is C26H25N3O6. The number of aromatic nitrogens is 1. The minimum Gasteiger partial charge on any atom is -0.477 e. The summed E-state index contributed by atoms with van der Waals surface area (Å²) in [5, 5.41) is 6.10. The van der Waals surface area contributed by atoms with Crippen LogP contribution in [0.3, 0.4) is 0 Å². The minimum absolute atomic E-state index is 0.0290. The first-order chi connectivity index (χ1) is 17.2. The summed E-state index contributed by atoms with van der Waals surface area (Å²) in [5.41, 5.74) is 2.02. The second-order valence-corrected chi connectivity index (χ2v) is 8.23. The maximum Gasteiger partial charge on any atom is 0.344 e. The smallest absolute Gasteiger partial charge is 0.344 e. The number of carbonyl (C=O) groups excluding carboxylic acids is 2. The van der Waals surface area contributed by atoms with Gasteiger partial charge in [0.25, 0.3) is 5.91 Å². The molecule has 2 atom stereocenters. The third kappa shape index (κ3) is 4.62. The molecule has 9 heteroatoms. The Morgan fingerprint density at radius 1 is 1.17 bits per heavy atom. The normalized spacial score (nSPS) is 20.4. The molecule has 0 saturated heterocycles. The third-order valence-electron chi connectivity index (χ3n) is 6.05. The molecule has 1 saturated carbocycles. The monoisotopic (exact) mass is 475 g/mol. The Kier molecular flexibility index (Phi) is 6.47. The van der Waals surface area contributed by atoms with E-state index in [4.69, 9.17) is 23.4 Å². The van der Waals surface area contributed by atoms with Gasteiger partial charge in [-0.05, 0) is 74.2 Å². The maximum absolute atomic E-state index is 13.3. The Hall–Kier alpha value is -4.14. The molecule has 1 aliphatic heterocycles. The highest BCUT2D eigenvalue weighted by atomic mass is 16.5. The standard InChI is InChI=1S/C26H25N3O6/c1-2-32-25-20(10-4-12-27-25)26(31)35-16-22(30)29-24(21-11-6-14-34-21)19-9-3-7-17(23(19)28-29)15-18-8-5-13-33-18/h4-6,8,10-15,19,24H,2-3,7,9,16H2,1H3. The topological polar surface area (TPSA) is 107 Å². The molecule has 9 nitrogen and oxygen atoms in total. The number of nitrogens with zero attached hydrogens (tertiary/aromatic N) is 3. The number of hydrazone groups is 1. The van der Waals surface area contributed by atoms with Crippen molar-refractivity contribution in [2.24, 2.45) is 11.0 Å². The predicted molar refractivity (Wildman–Crippen MR) is 125 cm³/mol. The van der Waals surface area contributed by atoms with E-state index in [0.29, 0.717) is 12.4 Å². The molecule has 0 bridgehead atoms. The van der Waals surface area contributed by atoms with Crippen LogP contribution in [0, 0.1) is 5.92 Å². The van der Waals surface area contributed by atoms with Crippen LogP contribution in [0.2, 0.25) is 0 Å². The molecule has 5 rings (SSSR count). The Bertz CT molecular complexity index is 1250. The lowest BCUT2D eigenvalue weighted by molar-refractivity contribution is -0.137. The van der Waals surface area contributed by atoms with E-state index in [2.05, 4.69) is 4.98 Å². The van der Waals surface area contributed by atoms with Gasteiger partial charge in [-0.1, -0.05) is 0 Å². The second-order valence-electron chi connectivity index (χ2n) is 8.23. The Balaban J connectivity index is 1.38. The number of allylic oxidation sites excluding steroid dienone is 1. The zero-order chi connectivity index (χ0) is 24.2. The maximum atomic E-state index is 13.3. The minimum atomic E-state index is -0.688. The van der Waals surface area contributed by atoms with E-state index in [-0.39, 0.29) is 17.4 Å². The zero-order valence-electron chi connectivity index (χ0n) is 19.3. The van der Waals surface area contributed by atoms with Gasteiger partial charge < -0.3 is 18.3 Å². The fourth-order valence-electron chi connectivity index (χ4n) is 4.56. The van der Waals surface area contributed by atoms with Gasteiger partial charge in [0.1, 0.15) is 23.1 Å². The summed E-state index contributed by atoms with van der Waals surface area (Å²) in [6.45, 7) is 1.67. The van der Waals surface area contributed by atoms with E-state index in [9.17, 15) is 9.59 Å². The number of rotatable bonds is 7. The van der Waals surface area contributed by atoms with Gasteiger partial charge in [0.05, 0.1) is 24.8 Å². The van der Waals surface area contributed by atoms with E-state index in [0.717, 1.165) is 36.3 Å². The summed E-state index contributed by atoms with van der Waals surface area (Å²) in [6.07, 6.45) is 9.34. The van der Waals surface area contributed by atoms with Crippen LogP contribution in [-0.4, -0.2) is 40.8 Å². The molecule has 4 heterocycles. The first-order valence-corrected chi connectivity index (χ1v) is 11.6. The summed E-state index contributed by atoms with van der Waals surface area (Å²) < 4.78 is 21.9. The molecule has 2 unspecified atom stereocenters. The van der Waals surface area contributed by atoms with Crippen molar-refractivity contribution in [1.82, 2.24) is 9.99 Å². The molecule has 1 fully saturated rings. The third-order valence-corrected chi connectivity index (χ3v) is 6.05. The van der Waals surface area contributed by atoms with Crippen molar-refractivity contribution in [2.45, 2.75) is 32.2 Å². The Labute approximate surface area is 202 Å². The molecular weight excluding hydrogens is 450 g/mol.